The molecule has 0 aliphatic carbocycles. The van der Waals surface area contributed by atoms with Gasteiger partial charge in [-0.3, -0.25) is 0 Å². The molecule has 1 heterocycles. The van der Waals surface area contributed by atoms with Crippen molar-refractivity contribution in [3.05, 3.63) is 108 Å². The van der Waals surface area contributed by atoms with Gasteiger partial charge < -0.3 is 14.3 Å². The second kappa shape index (κ2) is 9.92. The van der Waals surface area contributed by atoms with E-state index in [0.29, 0.717) is 34.0 Å². The lowest BCUT2D eigenvalue weighted by atomic mass is 9.88. The van der Waals surface area contributed by atoms with Crippen LogP contribution in [0.1, 0.15) is 23.0 Å². The molecule has 0 saturated carbocycles. The molecule has 5 rings (SSSR count). The van der Waals surface area contributed by atoms with Crippen molar-refractivity contribution in [2.75, 3.05) is 6.61 Å². The van der Waals surface area contributed by atoms with Crippen LogP contribution in [0.3, 0.4) is 0 Å². The van der Waals surface area contributed by atoms with E-state index in [4.69, 9.17) is 14.1 Å². The molecule has 0 unspecified atom stereocenters. The molecule has 5 aromatic rings. The number of phenols is 1. The van der Waals surface area contributed by atoms with Crippen molar-refractivity contribution in [3.63, 3.8) is 0 Å². The molecule has 0 spiro atoms. The lowest BCUT2D eigenvalue weighted by molar-refractivity contribution is 0.0524. The largest absolute Gasteiger partial charge is 0.506 e. The summed E-state index contributed by atoms with van der Waals surface area (Å²) in [4.78, 5) is 18.0. The maximum atomic E-state index is 13.1. The van der Waals surface area contributed by atoms with Crippen LogP contribution in [0, 0.1) is 6.92 Å². The standard InChI is InChI=1S/C31H25NO4/c1-3-35-31(34)27-24(21-13-7-4-8-14-21)19-25(26(29(27)33)22-15-9-5-10-16-22)28-20(2)36-30(32-28)23-17-11-6-12-18-23/h4-19,33H,3H2,1-2H3. The van der Waals surface area contributed by atoms with E-state index in [1.807, 2.05) is 104 Å². The maximum Gasteiger partial charge on any atom is 0.342 e. The van der Waals surface area contributed by atoms with Gasteiger partial charge in [0, 0.05) is 22.3 Å². The molecule has 0 aliphatic rings. The molecule has 0 aliphatic heterocycles. The lowest BCUT2D eigenvalue weighted by Crippen LogP contribution is -2.08. The summed E-state index contributed by atoms with van der Waals surface area (Å²) < 4.78 is 11.4. The highest BCUT2D eigenvalue weighted by Gasteiger charge is 2.28. The SMILES string of the molecule is CCOC(=O)c1c(-c2ccccc2)cc(-c2nc(-c3ccccc3)oc2C)c(-c2ccccc2)c1O. The van der Waals surface area contributed by atoms with E-state index in [0.717, 1.165) is 16.7 Å². The number of carbonyl (C=O) groups is 1. The molecule has 0 fully saturated rings. The molecule has 0 atom stereocenters. The summed E-state index contributed by atoms with van der Waals surface area (Å²) in [6, 6.07) is 30.5. The number of hydrogen-bond donors (Lipinski definition) is 1. The number of aryl methyl sites for hydroxylation is 1. The van der Waals surface area contributed by atoms with Crippen LogP contribution in [-0.4, -0.2) is 22.7 Å². The average Bonchev–Trinajstić information content (AvgIpc) is 3.31. The second-order valence-corrected chi connectivity index (χ2v) is 8.31. The van der Waals surface area contributed by atoms with Crippen LogP contribution in [0.4, 0.5) is 0 Å². The first-order valence-electron chi connectivity index (χ1n) is 11.8. The second-order valence-electron chi connectivity index (χ2n) is 8.31. The third-order valence-electron chi connectivity index (χ3n) is 6.00. The average molecular weight is 476 g/mol. The zero-order valence-corrected chi connectivity index (χ0v) is 20.1. The Hall–Kier alpha value is -4.64. The fourth-order valence-corrected chi connectivity index (χ4v) is 4.36. The third-order valence-corrected chi connectivity index (χ3v) is 6.00. The van der Waals surface area contributed by atoms with Crippen LogP contribution in [0.15, 0.2) is 101 Å². The van der Waals surface area contributed by atoms with Crippen molar-refractivity contribution in [2.45, 2.75) is 13.8 Å². The number of esters is 1. The minimum Gasteiger partial charge on any atom is -0.506 e. The van der Waals surface area contributed by atoms with Gasteiger partial charge in [0.05, 0.1) is 6.61 Å². The van der Waals surface area contributed by atoms with E-state index < -0.39 is 5.97 Å². The summed E-state index contributed by atoms with van der Waals surface area (Å²) >= 11 is 0. The number of phenolic OH excluding ortho intramolecular Hbond substituents is 1. The van der Waals surface area contributed by atoms with Crippen LogP contribution in [0.25, 0.3) is 45.0 Å². The van der Waals surface area contributed by atoms with Crippen LogP contribution < -0.4 is 0 Å². The van der Waals surface area contributed by atoms with E-state index in [1.165, 1.54) is 0 Å². The molecule has 1 N–H and O–H groups in total. The van der Waals surface area contributed by atoms with Crippen LogP contribution in [-0.2, 0) is 4.74 Å². The Kier molecular flexibility index (Phi) is 6.37. The summed E-state index contributed by atoms with van der Waals surface area (Å²) in [5, 5.41) is 11.7. The first-order valence-corrected chi connectivity index (χ1v) is 11.8. The van der Waals surface area contributed by atoms with Crippen molar-refractivity contribution in [1.29, 1.82) is 0 Å². The summed E-state index contributed by atoms with van der Waals surface area (Å²) in [5.41, 5.74) is 4.81. The van der Waals surface area contributed by atoms with E-state index in [2.05, 4.69) is 0 Å². The van der Waals surface area contributed by atoms with Crippen molar-refractivity contribution < 1.29 is 19.1 Å². The Morgan fingerprint density at radius 1 is 0.833 bits per heavy atom. The Bertz CT molecular complexity index is 1510. The van der Waals surface area contributed by atoms with Crippen LogP contribution in [0.2, 0.25) is 0 Å². The zero-order chi connectivity index (χ0) is 25.1. The number of oxazole rings is 1. The summed E-state index contributed by atoms with van der Waals surface area (Å²) in [6.07, 6.45) is 0. The number of aromatic nitrogens is 1. The first-order chi connectivity index (χ1) is 17.6. The topological polar surface area (TPSA) is 72.6 Å². The van der Waals surface area contributed by atoms with Crippen LogP contribution in [0.5, 0.6) is 5.75 Å². The van der Waals surface area contributed by atoms with Gasteiger partial charge >= 0.3 is 5.97 Å². The number of nitrogens with zero attached hydrogens (tertiary/aromatic N) is 1. The molecule has 1 aromatic heterocycles. The number of benzene rings is 4. The molecule has 0 radical (unpaired) electrons. The normalized spacial score (nSPS) is 10.8. The minimum atomic E-state index is -0.584. The fraction of sp³-hybridized carbons (Fsp3) is 0.0968. The number of hydrogen-bond acceptors (Lipinski definition) is 5. The van der Waals surface area contributed by atoms with E-state index >= 15 is 0 Å². The highest BCUT2D eigenvalue weighted by Crippen LogP contribution is 2.46. The maximum absolute atomic E-state index is 13.1. The van der Waals surface area contributed by atoms with Crippen molar-refractivity contribution in [2.24, 2.45) is 0 Å². The van der Waals surface area contributed by atoms with Gasteiger partial charge in [0.2, 0.25) is 5.89 Å². The molecular formula is C31H25NO4. The number of aromatic hydroxyl groups is 1. The van der Waals surface area contributed by atoms with E-state index in [9.17, 15) is 9.90 Å². The Morgan fingerprint density at radius 3 is 1.97 bits per heavy atom. The van der Waals surface area contributed by atoms with Gasteiger partial charge in [-0.15, -0.1) is 0 Å². The molecule has 0 bridgehead atoms. The third kappa shape index (κ3) is 4.27. The minimum absolute atomic E-state index is 0.120. The van der Waals surface area contributed by atoms with Gasteiger partial charge in [-0.1, -0.05) is 78.9 Å². The zero-order valence-electron chi connectivity index (χ0n) is 20.1. The van der Waals surface area contributed by atoms with Gasteiger partial charge in [-0.2, -0.15) is 0 Å². The highest BCUT2D eigenvalue weighted by atomic mass is 16.5. The van der Waals surface area contributed by atoms with Gasteiger partial charge in [0.1, 0.15) is 22.8 Å². The van der Waals surface area contributed by atoms with Gasteiger partial charge in [0.25, 0.3) is 0 Å². The molecule has 5 heteroatoms. The first kappa shape index (κ1) is 23.1. The monoisotopic (exact) mass is 475 g/mol. The smallest absolute Gasteiger partial charge is 0.342 e. The molecule has 5 nitrogen and oxygen atoms in total. The molecule has 178 valence electrons. The Labute approximate surface area is 209 Å². The lowest BCUT2D eigenvalue weighted by Gasteiger charge is -2.18. The number of ether oxygens (including phenoxy) is 1. The Morgan fingerprint density at radius 2 is 1.39 bits per heavy atom. The summed E-state index contributed by atoms with van der Waals surface area (Å²) in [5.74, 6) is 0.352. The Balaban J connectivity index is 1.84. The molecule has 0 amide bonds. The molecule has 36 heavy (non-hydrogen) atoms. The van der Waals surface area contributed by atoms with Crippen LogP contribution >= 0.6 is 0 Å². The van der Waals surface area contributed by atoms with E-state index in [-0.39, 0.29) is 17.9 Å². The molecule has 4 aromatic carbocycles. The van der Waals surface area contributed by atoms with Crippen molar-refractivity contribution in [1.82, 2.24) is 4.98 Å². The summed E-state index contributed by atoms with van der Waals surface area (Å²) in [6.45, 7) is 3.78. The summed E-state index contributed by atoms with van der Waals surface area (Å²) in [7, 11) is 0. The number of rotatable bonds is 6. The van der Waals surface area contributed by atoms with Gasteiger partial charge in [0.15, 0.2) is 0 Å². The van der Waals surface area contributed by atoms with Crippen molar-refractivity contribution in [3.8, 4) is 50.7 Å². The molecular weight excluding hydrogens is 450 g/mol. The highest BCUT2D eigenvalue weighted by molar-refractivity contribution is 6.06. The fourth-order valence-electron chi connectivity index (χ4n) is 4.36. The van der Waals surface area contributed by atoms with E-state index in [1.54, 1.807) is 6.92 Å². The quantitative estimate of drug-likeness (QED) is 0.257. The van der Waals surface area contributed by atoms with Crippen molar-refractivity contribution >= 4 is 5.97 Å². The van der Waals surface area contributed by atoms with Gasteiger partial charge in [-0.25, -0.2) is 9.78 Å². The predicted octanol–water partition coefficient (Wildman–Crippen LogP) is 7.53. The molecule has 0 saturated heterocycles. The van der Waals surface area contributed by atoms with Gasteiger partial charge in [-0.05, 0) is 43.2 Å². The number of carbonyl (C=O) groups excluding carboxylic acids is 1. The predicted molar refractivity (Wildman–Crippen MR) is 141 cm³/mol.